The Labute approximate surface area is 219 Å². The number of benzene rings is 1. The number of imidazole rings is 1. The Morgan fingerprint density at radius 1 is 1.00 bits per heavy atom. The lowest BCUT2D eigenvalue weighted by molar-refractivity contribution is 0.327. The molecule has 0 amide bonds. The summed E-state index contributed by atoms with van der Waals surface area (Å²) in [5.74, 6) is 1.81. The van der Waals surface area contributed by atoms with Crippen LogP contribution in [0, 0.1) is 0 Å². The summed E-state index contributed by atoms with van der Waals surface area (Å²) in [6.07, 6.45) is 3.53. The Bertz CT molecular complexity index is 1690. The van der Waals surface area contributed by atoms with E-state index < -0.39 is 0 Å². The monoisotopic (exact) mass is 511 g/mol. The maximum atomic E-state index is 13.6. The van der Waals surface area contributed by atoms with Crippen LogP contribution in [-0.2, 0) is 7.05 Å². The molecule has 1 fully saturated rings. The molecule has 0 atom stereocenters. The molecule has 10 heteroatoms. The maximum Gasteiger partial charge on any atom is 0.333 e. The summed E-state index contributed by atoms with van der Waals surface area (Å²) >= 11 is 0. The summed E-state index contributed by atoms with van der Waals surface area (Å²) in [5.41, 5.74) is 4.54. The minimum atomic E-state index is -0.197. The number of ether oxygens (including phenoxy) is 2. The molecule has 38 heavy (non-hydrogen) atoms. The summed E-state index contributed by atoms with van der Waals surface area (Å²) in [7, 11) is 3.34. The summed E-state index contributed by atoms with van der Waals surface area (Å²) in [6.45, 7) is 6.03. The van der Waals surface area contributed by atoms with E-state index in [4.69, 9.17) is 14.5 Å². The molecule has 194 valence electrons. The molecule has 0 radical (unpaired) electrons. The van der Waals surface area contributed by atoms with Gasteiger partial charge in [-0.1, -0.05) is 6.07 Å². The third-order valence-corrected chi connectivity index (χ3v) is 6.95. The first-order chi connectivity index (χ1) is 18.6. The first kappa shape index (κ1) is 23.9. The van der Waals surface area contributed by atoms with Crippen molar-refractivity contribution in [3.05, 3.63) is 65.3 Å². The molecule has 4 aromatic heterocycles. The summed E-state index contributed by atoms with van der Waals surface area (Å²) < 4.78 is 14.5. The van der Waals surface area contributed by atoms with E-state index >= 15 is 0 Å². The highest BCUT2D eigenvalue weighted by atomic mass is 16.5. The quantitative estimate of drug-likeness (QED) is 0.371. The fraction of sp³-hybridized carbons (Fsp3) is 0.286. The predicted molar refractivity (Wildman–Crippen MR) is 148 cm³/mol. The van der Waals surface area contributed by atoms with Gasteiger partial charge in [0.1, 0.15) is 11.5 Å². The third-order valence-electron chi connectivity index (χ3n) is 6.95. The summed E-state index contributed by atoms with van der Waals surface area (Å²) in [4.78, 5) is 29.7. The van der Waals surface area contributed by atoms with E-state index in [-0.39, 0.29) is 5.69 Å². The fourth-order valence-corrected chi connectivity index (χ4v) is 5.00. The highest BCUT2D eigenvalue weighted by Gasteiger charge is 2.21. The van der Waals surface area contributed by atoms with E-state index in [1.165, 1.54) is 0 Å². The molecular formula is C28H29N7O3. The Morgan fingerprint density at radius 2 is 1.82 bits per heavy atom. The van der Waals surface area contributed by atoms with Gasteiger partial charge in [-0.3, -0.25) is 14.1 Å². The van der Waals surface area contributed by atoms with Crippen LogP contribution in [0.25, 0.3) is 38.8 Å². The standard InChI is InChI=1S/C28H29N7O3/c1-4-38-25-10-6-19(16-31-25)18-5-7-21-20(15-18)26-23(17-30-21)33(2)28(36)35(26)22-8-9-24(32-27(22)37-3)34-13-11-29-12-14-34/h5-10,15-17,29H,4,11-14H2,1-3H3. The number of nitrogens with one attached hydrogen (secondary N) is 1. The summed E-state index contributed by atoms with van der Waals surface area (Å²) in [5, 5.41) is 4.20. The van der Waals surface area contributed by atoms with Gasteiger partial charge in [0.15, 0.2) is 0 Å². The molecule has 1 N–H and O–H groups in total. The first-order valence-corrected chi connectivity index (χ1v) is 12.7. The van der Waals surface area contributed by atoms with Gasteiger partial charge in [-0.15, -0.1) is 0 Å². The number of aryl methyl sites for hydroxylation is 1. The van der Waals surface area contributed by atoms with Crippen LogP contribution in [0.4, 0.5) is 5.82 Å². The number of methoxy groups -OCH3 is 1. The molecule has 0 saturated carbocycles. The van der Waals surface area contributed by atoms with Gasteiger partial charge in [-0.25, -0.2) is 9.78 Å². The van der Waals surface area contributed by atoms with Crippen molar-refractivity contribution in [1.82, 2.24) is 29.4 Å². The maximum absolute atomic E-state index is 13.6. The number of rotatable bonds is 6. The number of fused-ring (bicyclic) bond motifs is 3. The van der Waals surface area contributed by atoms with Gasteiger partial charge in [0.05, 0.1) is 36.5 Å². The van der Waals surface area contributed by atoms with Crippen LogP contribution in [0.1, 0.15) is 6.92 Å². The molecule has 1 aliphatic rings. The zero-order chi connectivity index (χ0) is 26.2. The SMILES string of the molecule is CCOc1ccc(-c2ccc3ncc4c(c3c2)n(-c2ccc(N3CCNCC3)nc2OC)c(=O)n4C)cn1. The van der Waals surface area contributed by atoms with Gasteiger partial charge < -0.3 is 19.7 Å². The highest BCUT2D eigenvalue weighted by molar-refractivity contribution is 6.04. The van der Waals surface area contributed by atoms with Crippen molar-refractivity contribution >= 4 is 27.8 Å². The van der Waals surface area contributed by atoms with Crippen molar-refractivity contribution in [3.63, 3.8) is 0 Å². The number of anilines is 1. The van der Waals surface area contributed by atoms with E-state index in [0.717, 1.165) is 65.1 Å². The van der Waals surface area contributed by atoms with Crippen LogP contribution < -0.4 is 25.4 Å². The smallest absolute Gasteiger partial charge is 0.333 e. The number of pyridine rings is 3. The van der Waals surface area contributed by atoms with Crippen molar-refractivity contribution < 1.29 is 9.47 Å². The average molecular weight is 512 g/mol. The van der Waals surface area contributed by atoms with E-state index in [2.05, 4.69) is 20.2 Å². The van der Waals surface area contributed by atoms with Crippen LogP contribution >= 0.6 is 0 Å². The van der Waals surface area contributed by atoms with Crippen LogP contribution in [0.15, 0.2) is 59.7 Å². The lowest BCUT2D eigenvalue weighted by Crippen LogP contribution is -2.43. The van der Waals surface area contributed by atoms with Crippen molar-refractivity contribution in [2.45, 2.75) is 6.92 Å². The summed E-state index contributed by atoms with van der Waals surface area (Å²) in [6, 6.07) is 13.7. The second kappa shape index (κ2) is 9.79. The largest absolute Gasteiger partial charge is 0.479 e. The number of hydrogen-bond acceptors (Lipinski definition) is 8. The van der Waals surface area contributed by atoms with Gasteiger partial charge >= 0.3 is 5.69 Å². The molecule has 6 rings (SSSR count). The topological polar surface area (TPSA) is 99.3 Å². The van der Waals surface area contributed by atoms with Gasteiger partial charge in [-0.2, -0.15) is 4.98 Å². The Kier molecular flexibility index (Phi) is 6.16. The average Bonchev–Trinajstić information content (AvgIpc) is 3.23. The second-order valence-corrected chi connectivity index (χ2v) is 9.15. The van der Waals surface area contributed by atoms with Crippen LogP contribution in [0.2, 0.25) is 0 Å². The zero-order valence-corrected chi connectivity index (χ0v) is 21.6. The molecule has 10 nitrogen and oxygen atoms in total. The Balaban J connectivity index is 1.53. The van der Waals surface area contributed by atoms with E-state index in [1.807, 2.05) is 49.4 Å². The van der Waals surface area contributed by atoms with Crippen LogP contribution in [0.3, 0.4) is 0 Å². The lowest BCUT2D eigenvalue weighted by atomic mass is 10.0. The normalized spacial score (nSPS) is 13.8. The lowest BCUT2D eigenvalue weighted by Gasteiger charge is -2.28. The fourth-order valence-electron chi connectivity index (χ4n) is 5.00. The molecule has 5 heterocycles. The number of nitrogens with zero attached hydrogens (tertiary/aromatic N) is 6. The molecule has 5 aromatic rings. The Hall–Kier alpha value is -4.44. The van der Waals surface area contributed by atoms with Gasteiger partial charge in [0.25, 0.3) is 0 Å². The van der Waals surface area contributed by atoms with Crippen molar-refractivity contribution in [1.29, 1.82) is 0 Å². The molecule has 0 unspecified atom stereocenters. The number of hydrogen-bond donors (Lipinski definition) is 1. The van der Waals surface area contributed by atoms with Crippen molar-refractivity contribution in [2.24, 2.45) is 7.05 Å². The zero-order valence-electron chi connectivity index (χ0n) is 21.6. The van der Waals surface area contributed by atoms with E-state index in [0.29, 0.717) is 24.1 Å². The Morgan fingerprint density at radius 3 is 2.55 bits per heavy atom. The predicted octanol–water partition coefficient (Wildman–Crippen LogP) is 3.15. The molecule has 0 spiro atoms. The molecular weight excluding hydrogens is 482 g/mol. The first-order valence-electron chi connectivity index (χ1n) is 12.7. The minimum Gasteiger partial charge on any atom is -0.479 e. The number of aromatic nitrogens is 5. The molecule has 1 aromatic carbocycles. The van der Waals surface area contributed by atoms with Crippen molar-refractivity contribution in [3.8, 4) is 28.6 Å². The van der Waals surface area contributed by atoms with E-state index in [1.54, 1.807) is 35.7 Å². The third kappa shape index (κ3) is 4.03. The van der Waals surface area contributed by atoms with Gasteiger partial charge in [0.2, 0.25) is 11.8 Å². The van der Waals surface area contributed by atoms with Gasteiger partial charge in [-0.05, 0) is 42.8 Å². The number of piperazine rings is 1. The molecule has 1 saturated heterocycles. The second-order valence-electron chi connectivity index (χ2n) is 9.15. The van der Waals surface area contributed by atoms with E-state index in [9.17, 15) is 4.79 Å². The van der Waals surface area contributed by atoms with Crippen molar-refractivity contribution in [2.75, 3.05) is 44.8 Å². The van der Waals surface area contributed by atoms with Gasteiger partial charge in [0, 0.05) is 56.4 Å². The minimum absolute atomic E-state index is 0.197. The highest BCUT2D eigenvalue weighted by Crippen LogP contribution is 2.32. The van der Waals surface area contributed by atoms with Crippen LogP contribution in [-0.4, -0.2) is 64.0 Å². The molecule has 1 aliphatic heterocycles. The molecule has 0 aliphatic carbocycles. The molecule has 0 bridgehead atoms. The van der Waals surface area contributed by atoms with Crippen LogP contribution in [0.5, 0.6) is 11.8 Å².